The molecule has 0 saturated carbocycles. The first kappa shape index (κ1) is 15.7. The van der Waals surface area contributed by atoms with Gasteiger partial charge in [-0.25, -0.2) is 13.2 Å². The highest BCUT2D eigenvalue weighted by Gasteiger charge is 2.71. The number of nitrogens with two attached hydrogens (primary N) is 1. The number of esters is 2. The quantitative estimate of drug-likeness (QED) is 0.363. The Labute approximate surface area is 121 Å². The van der Waals surface area contributed by atoms with Crippen LogP contribution in [0.1, 0.15) is 20.8 Å². The third kappa shape index (κ3) is 2.01. The van der Waals surface area contributed by atoms with E-state index in [2.05, 4.69) is 4.74 Å². The molecular formula is C11H16N2O7S. The molecule has 2 heterocycles. The largest absolute Gasteiger partial charge is 0.428 e. The summed E-state index contributed by atoms with van der Waals surface area (Å²) in [6, 6.07) is -2.48. The number of hydrogen-bond donors (Lipinski definition) is 1. The Morgan fingerprint density at radius 2 is 1.90 bits per heavy atom. The van der Waals surface area contributed by atoms with Crippen LogP contribution < -0.4 is 5.73 Å². The Hall–Kier alpha value is -1.68. The summed E-state index contributed by atoms with van der Waals surface area (Å²) in [6.45, 7) is 3.15. The number of β-lactam (4-membered cyclic amide) rings is 1. The summed E-state index contributed by atoms with van der Waals surface area (Å²) in [5, 5.41) is -1.22. The highest BCUT2D eigenvalue weighted by molar-refractivity contribution is 7.94. The number of carbonyl (C=O) groups is 3. The Kier molecular flexibility index (Phi) is 3.49. The van der Waals surface area contributed by atoms with E-state index in [1.807, 2.05) is 0 Å². The van der Waals surface area contributed by atoms with Crippen molar-refractivity contribution in [2.24, 2.45) is 5.73 Å². The van der Waals surface area contributed by atoms with Gasteiger partial charge >= 0.3 is 11.9 Å². The van der Waals surface area contributed by atoms with Crippen LogP contribution in [0.25, 0.3) is 0 Å². The van der Waals surface area contributed by atoms with Gasteiger partial charge in [0.15, 0.2) is 15.2 Å². The number of fused-ring (bicyclic) bond motifs is 1. The van der Waals surface area contributed by atoms with Crippen molar-refractivity contribution < 1.29 is 32.3 Å². The van der Waals surface area contributed by atoms with Crippen molar-refractivity contribution in [2.75, 3.05) is 6.79 Å². The molecule has 0 unspecified atom stereocenters. The van der Waals surface area contributed by atoms with E-state index in [9.17, 15) is 22.8 Å². The highest BCUT2D eigenvalue weighted by atomic mass is 32.2. The molecule has 0 aromatic heterocycles. The second kappa shape index (κ2) is 4.67. The maximum absolute atomic E-state index is 12.4. The summed E-state index contributed by atoms with van der Waals surface area (Å²) in [7, 11) is -3.81. The van der Waals surface area contributed by atoms with Gasteiger partial charge in [-0.1, -0.05) is 0 Å². The van der Waals surface area contributed by atoms with Gasteiger partial charge in [0.05, 0.1) is 0 Å². The van der Waals surface area contributed by atoms with E-state index in [0.29, 0.717) is 0 Å². The van der Waals surface area contributed by atoms with Crippen LogP contribution in [-0.2, 0) is 33.7 Å². The molecule has 21 heavy (non-hydrogen) atoms. The number of sulfone groups is 1. The van der Waals surface area contributed by atoms with Crippen molar-refractivity contribution in [2.45, 2.75) is 43.0 Å². The fourth-order valence-corrected chi connectivity index (χ4v) is 4.75. The van der Waals surface area contributed by atoms with Crippen LogP contribution in [0, 0.1) is 0 Å². The summed E-state index contributed by atoms with van der Waals surface area (Å²) in [6.07, 6.45) is 0. The van der Waals surface area contributed by atoms with Crippen molar-refractivity contribution in [3.63, 3.8) is 0 Å². The lowest BCUT2D eigenvalue weighted by atomic mass is 9.96. The number of ether oxygens (including phenoxy) is 2. The maximum atomic E-state index is 12.4. The van der Waals surface area contributed by atoms with Crippen molar-refractivity contribution in [3.05, 3.63) is 0 Å². The molecule has 2 saturated heterocycles. The zero-order chi connectivity index (χ0) is 16.2. The molecule has 0 aromatic rings. The standard InChI is InChI=1S/C11H16N2O7S/c1-5(14)19-4-20-10(16)7-11(2,3)21(17,18)9-6(12)8(15)13(7)9/h6-7,9H,4,12H2,1-3H3/t6-,7+,9-/m1/s1. The summed E-state index contributed by atoms with van der Waals surface area (Å²) in [5.74, 6) is -2.22. The van der Waals surface area contributed by atoms with Crippen LogP contribution in [0.2, 0.25) is 0 Å². The van der Waals surface area contributed by atoms with E-state index in [4.69, 9.17) is 10.5 Å². The molecule has 2 rings (SSSR count). The average Bonchev–Trinajstić information content (AvgIpc) is 2.50. The second-order valence-corrected chi connectivity index (χ2v) is 8.06. The minimum Gasteiger partial charge on any atom is -0.428 e. The molecule has 10 heteroatoms. The lowest BCUT2D eigenvalue weighted by Crippen LogP contribution is -2.70. The van der Waals surface area contributed by atoms with Gasteiger partial charge in [-0.2, -0.15) is 0 Å². The monoisotopic (exact) mass is 320 g/mol. The number of nitrogens with zero attached hydrogens (tertiary/aromatic N) is 1. The van der Waals surface area contributed by atoms with E-state index < -0.39 is 56.7 Å². The molecule has 3 atom stereocenters. The van der Waals surface area contributed by atoms with E-state index in [-0.39, 0.29) is 0 Å². The van der Waals surface area contributed by atoms with Crippen molar-refractivity contribution in [1.29, 1.82) is 0 Å². The predicted molar refractivity (Wildman–Crippen MR) is 68.1 cm³/mol. The molecule has 118 valence electrons. The normalized spacial score (nSPS) is 32.1. The Morgan fingerprint density at radius 3 is 2.43 bits per heavy atom. The summed E-state index contributed by atoms with van der Waals surface area (Å²) >= 11 is 0. The third-order valence-corrected chi connectivity index (χ3v) is 6.64. The molecule has 2 N–H and O–H groups in total. The zero-order valence-electron chi connectivity index (χ0n) is 11.7. The van der Waals surface area contributed by atoms with E-state index in [0.717, 1.165) is 11.8 Å². The fraction of sp³-hybridized carbons (Fsp3) is 0.727. The Morgan fingerprint density at radius 1 is 1.33 bits per heavy atom. The van der Waals surface area contributed by atoms with Gasteiger partial charge in [-0.15, -0.1) is 0 Å². The second-order valence-electron chi connectivity index (χ2n) is 5.43. The van der Waals surface area contributed by atoms with Gasteiger partial charge in [-0.3, -0.25) is 9.59 Å². The van der Waals surface area contributed by atoms with E-state index in [1.54, 1.807) is 0 Å². The third-order valence-electron chi connectivity index (χ3n) is 3.80. The number of carbonyl (C=O) groups excluding carboxylic acids is 3. The molecule has 1 amide bonds. The first-order valence-electron chi connectivity index (χ1n) is 6.14. The summed E-state index contributed by atoms with van der Waals surface area (Å²) in [4.78, 5) is 35.4. The van der Waals surface area contributed by atoms with Crippen LogP contribution in [0.3, 0.4) is 0 Å². The molecule has 2 aliphatic heterocycles. The molecule has 0 bridgehead atoms. The van der Waals surface area contributed by atoms with Crippen molar-refractivity contribution >= 4 is 27.7 Å². The molecule has 0 aromatic carbocycles. The minimum atomic E-state index is -3.81. The van der Waals surface area contributed by atoms with Gasteiger partial charge in [0.25, 0.3) is 0 Å². The topological polar surface area (TPSA) is 133 Å². The summed E-state index contributed by atoms with van der Waals surface area (Å²) in [5.41, 5.74) is 5.51. The molecule has 0 radical (unpaired) electrons. The summed E-state index contributed by atoms with van der Waals surface area (Å²) < 4.78 is 32.4. The van der Waals surface area contributed by atoms with Crippen molar-refractivity contribution in [1.82, 2.24) is 4.90 Å². The molecule has 9 nitrogen and oxygen atoms in total. The van der Waals surface area contributed by atoms with Crippen LogP contribution >= 0.6 is 0 Å². The molecular weight excluding hydrogens is 304 g/mol. The Bertz CT molecular complexity index is 612. The van der Waals surface area contributed by atoms with Gasteiger partial charge in [0.1, 0.15) is 16.8 Å². The SMILES string of the molecule is CC(=O)OCOC(=O)[C@@H]1N2C(=O)[C@@H](N)[C@H]2S(=O)(=O)C1(C)C. The Balaban J connectivity index is 2.24. The minimum absolute atomic E-state index is 0.622. The molecule has 2 fully saturated rings. The van der Waals surface area contributed by atoms with Gasteiger partial charge < -0.3 is 20.1 Å². The van der Waals surface area contributed by atoms with Crippen LogP contribution in [0.5, 0.6) is 0 Å². The van der Waals surface area contributed by atoms with Crippen molar-refractivity contribution in [3.8, 4) is 0 Å². The number of amides is 1. The average molecular weight is 320 g/mol. The molecule has 2 aliphatic rings. The van der Waals surface area contributed by atoms with Crippen LogP contribution in [-0.4, -0.2) is 60.2 Å². The molecule has 0 aliphatic carbocycles. The first-order valence-corrected chi connectivity index (χ1v) is 7.69. The zero-order valence-corrected chi connectivity index (χ0v) is 12.5. The fourth-order valence-electron chi connectivity index (χ4n) is 2.58. The molecule has 0 spiro atoms. The van der Waals surface area contributed by atoms with Gasteiger partial charge in [0, 0.05) is 6.92 Å². The number of hydrogen-bond acceptors (Lipinski definition) is 8. The predicted octanol–water partition coefficient (Wildman–Crippen LogP) is -1.88. The maximum Gasteiger partial charge on any atom is 0.333 e. The smallest absolute Gasteiger partial charge is 0.333 e. The lowest BCUT2D eigenvalue weighted by Gasteiger charge is -2.40. The lowest BCUT2D eigenvalue weighted by molar-refractivity contribution is -0.175. The first-order chi connectivity index (χ1) is 9.53. The van der Waals surface area contributed by atoms with E-state index in [1.165, 1.54) is 13.8 Å². The number of rotatable bonds is 3. The van der Waals surface area contributed by atoms with Crippen LogP contribution in [0.4, 0.5) is 0 Å². The van der Waals surface area contributed by atoms with Gasteiger partial charge in [0.2, 0.25) is 12.7 Å². The van der Waals surface area contributed by atoms with Gasteiger partial charge in [-0.05, 0) is 13.8 Å². The highest BCUT2D eigenvalue weighted by Crippen LogP contribution is 2.45. The van der Waals surface area contributed by atoms with E-state index >= 15 is 0 Å². The van der Waals surface area contributed by atoms with Crippen LogP contribution in [0.15, 0.2) is 0 Å².